The summed E-state index contributed by atoms with van der Waals surface area (Å²) in [7, 11) is 2.11. The average molecular weight is 595 g/mol. The van der Waals surface area contributed by atoms with E-state index >= 15 is 0 Å². The van der Waals surface area contributed by atoms with Gasteiger partial charge in [0.1, 0.15) is 0 Å². The van der Waals surface area contributed by atoms with Gasteiger partial charge in [-0.3, -0.25) is 9.59 Å². The number of nitrogens with zero attached hydrogens (tertiary/aromatic N) is 3. The minimum absolute atomic E-state index is 0.0421. The lowest BCUT2D eigenvalue weighted by atomic mass is 9.85. The molecule has 0 radical (unpaired) electrons. The molecule has 1 saturated heterocycles. The number of carbonyl (C=O) groups is 3. The van der Waals surface area contributed by atoms with Crippen LogP contribution in [0.25, 0.3) is 21.3 Å². The highest BCUT2D eigenvalue weighted by Crippen LogP contribution is 2.42. The van der Waals surface area contributed by atoms with Crippen molar-refractivity contribution >= 4 is 40.1 Å². The Morgan fingerprint density at radius 1 is 1.19 bits per heavy atom. The first-order chi connectivity index (χ1) is 19.8. The first-order valence-corrected chi connectivity index (χ1v) is 15.6. The van der Waals surface area contributed by atoms with Crippen LogP contribution < -0.4 is 15.8 Å². The number of nitrogens with two attached hydrogens (primary N) is 1. The zero-order valence-corrected chi connectivity index (χ0v) is 26.2. The van der Waals surface area contributed by atoms with Crippen molar-refractivity contribution in [2.24, 2.45) is 11.7 Å². The zero-order valence-electron chi connectivity index (χ0n) is 25.4. The van der Waals surface area contributed by atoms with Crippen molar-refractivity contribution in [3.8, 4) is 15.6 Å². The van der Waals surface area contributed by atoms with Crippen LogP contribution in [0.2, 0.25) is 0 Å². The number of fused-ring (bicyclic) bond motifs is 3. The monoisotopic (exact) mass is 594 g/mol. The van der Waals surface area contributed by atoms with Crippen LogP contribution >= 0.6 is 11.3 Å². The number of primary amides is 1. The molecule has 1 fully saturated rings. The number of ether oxygens (including phenoxy) is 1. The van der Waals surface area contributed by atoms with E-state index in [2.05, 4.69) is 27.2 Å². The second kappa shape index (κ2) is 11.7. The third kappa shape index (κ3) is 6.03. The van der Waals surface area contributed by atoms with Crippen molar-refractivity contribution in [2.45, 2.75) is 84.3 Å². The van der Waals surface area contributed by atoms with Gasteiger partial charge in [-0.15, -0.1) is 0 Å². The summed E-state index contributed by atoms with van der Waals surface area (Å²) in [6.07, 6.45) is 5.18. The van der Waals surface area contributed by atoms with E-state index in [4.69, 9.17) is 10.5 Å². The van der Waals surface area contributed by atoms with Crippen molar-refractivity contribution in [3.63, 3.8) is 0 Å². The highest BCUT2D eigenvalue weighted by Gasteiger charge is 2.33. The molecule has 226 valence electrons. The van der Waals surface area contributed by atoms with Crippen LogP contribution in [0.4, 0.5) is 4.79 Å². The largest absolute Gasteiger partial charge is 0.417 e. The van der Waals surface area contributed by atoms with E-state index in [1.165, 1.54) is 11.3 Å². The van der Waals surface area contributed by atoms with Crippen LogP contribution in [0.3, 0.4) is 0 Å². The summed E-state index contributed by atoms with van der Waals surface area (Å²) in [5, 5.41) is 4.45. The van der Waals surface area contributed by atoms with Gasteiger partial charge in [-0.1, -0.05) is 17.4 Å². The lowest BCUT2D eigenvalue weighted by Gasteiger charge is -2.37. The van der Waals surface area contributed by atoms with Gasteiger partial charge in [0.15, 0.2) is 0 Å². The van der Waals surface area contributed by atoms with Gasteiger partial charge in [0.25, 0.3) is 11.1 Å². The SMILES string of the molecule is CC(C)N(C(=O)Oc1ncc(-c2ccc(C(N)=O)c3[nH]c4c(c23)CCC(C(=O)NC2CCN(C)CC2)C4)s1)C(C)(C)C. The Morgan fingerprint density at radius 2 is 1.90 bits per heavy atom. The topological polar surface area (TPSA) is 134 Å². The molecule has 2 aromatic heterocycles. The van der Waals surface area contributed by atoms with Gasteiger partial charge in [0, 0.05) is 46.4 Å². The molecule has 3 amide bonds. The Kier molecular flexibility index (Phi) is 8.35. The zero-order chi connectivity index (χ0) is 30.3. The van der Waals surface area contributed by atoms with Crippen LogP contribution in [0.5, 0.6) is 5.19 Å². The molecule has 3 heterocycles. The summed E-state index contributed by atoms with van der Waals surface area (Å²) in [5.74, 6) is -0.549. The van der Waals surface area contributed by atoms with Crippen molar-refractivity contribution in [2.75, 3.05) is 20.1 Å². The van der Waals surface area contributed by atoms with Gasteiger partial charge in [-0.2, -0.15) is 0 Å². The van der Waals surface area contributed by atoms with Crippen LogP contribution in [0, 0.1) is 5.92 Å². The summed E-state index contributed by atoms with van der Waals surface area (Å²) in [6.45, 7) is 11.8. The summed E-state index contributed by atoms with van der Waals surface area (Å²) < 4.78 is 5.71. The summed E-state index contributed by atoms with van der Waals surface area (Å²) in [5.41, 5.74) is 9.38. The predicted octanol–water partition coefficient (Wildman–Crippen LogP) is 4.71. The minimum atomic E-state index is -0.517. The highest BCUT2D eigenvalue weighted by atomic mass is 32.1. The van der Waals surface area contributed by atoms with Crippen molar-refractivity contribution in [3.05, 3.63) is 35.2 Å². The van der Waals surface area contributed by atoms with Gasteiger partial charge in [0.2, 0.25) is 5.91 Å². The lowest BCUT2D eigenvalue weighted by Crippen LogP contribution is -2.50. The number of rotatable bonds is 6. The quantitative estimate of drug-likeness (QED) is 0.378. The van der Waals surface area contributed by atoms with E-state index in [9.17, 15) is 14.4 Å². The molecule has 2 aliphatic rings. The Morgan fingerprint density at radius 3 is 2.55 bits per heavy atom. The second-order valence-electron chi connectivity index (χ2n) is 12.9. The number of amides is 3. The van der Waals surface area contributed by atoms with Gasteiger partial charge in [0.05, 0.1) is 16.0 Å². The Balaban J connectivity index is 1.42. The normalized spacial score (nSPS) is 18.2. The van der Waals surface area contributed by atoms with Crippen molar-refractivity contribution < 1.29 is 19.1 Å². The van der Waals surface area contributed by atoms with Gasteiger partial charge >= 0.3 is 6.09 Å². The second-order valence-corrected chi connectivity index (χ2v) is 13.9. The predicted molar refractivity (Wildman–Crippen MR) is 165 cm³/mol. The maximum Gasteiger partial charge on any atom is 0.417 e. The summed E-state index contributed by atoms with van der Waals surface area (Å²) in [6, 6.07) is 3.78. The Labute approximate surface area is 251 Å². The molecule has 1 aromatic carbocycles. The number of H-pyrrole nitrogens is 1. The number of likely N-dealkylation sites (tertiary alicyclic amines) is 1. The van der Waals surface area contributed by atoms with Crippen LogP contribution in [0.1, 0.15) is 75.5 Å². The van der Waals surface area contributed by atoms with Crippen LogP contribution in [0.15, 0.2) is 18.3 Å². The fraction of sp³-hybridized carbons (Fsp3) is 0.548. The molecule has 10 nitrogen and oxygen atoms in total. The molecule has 11 heteroatoms. The molecule has 0 saturated carbocycles. The van der Waals surface area contributed by atoms with E-state index < -0.39 is 17.5 Å². The molecule has 3 aromatic rings. The first kappa shape index (κ1) is 30.0. The minimum Gasteiger partial charge on any atom is -0.381 e. The molecular weight excluding hydrogens is 552 g/mol. The maximum atomic E-state index is 13.2. The average Bonchev–Trinajstić information content (AvgIpc) is 3.52. The fourth-order valence-corrected chi connectivity index (χ4v) is 7.25. The molecule has 1 unspecified atom stereocenters. The van der Waals surface area contributed by atoms with Gasteiger partial charge in [-0.05, 0) is 98.5 Å². The number of aromatic nitrogens is 2. The molecule has 0 bridgehead atoms. The highest BCUT2D eigenvalue weighted by molar-refractivity contribution is 7.17. The molecule has 0 spiro atoms. The molecule has 1 atom stereocenters. The lowest BCUT2D eigenvalue weighted by molar-refractivity contribution is -0.126. The number of piperidine rings is 1. The number of hydrogen-bond acceptors (Lipinski definition) is 7. The van der Waals surface area contributed by atoms with Crippen molar-refractivity contribution in [1.29, 1.82) is 0 Å². The molecule has 1 aliphatic heterocycles. The van der Waals surface area contributed by atoms with Crippen molar-refractivity contribution in [1.82, 2.24) is 25.1 Å². The molecule has 5 rings (SSSR count). The Bertz CT molecular complexity index is 1490. The van der Waals surface area contributed by atoms with E-state index in [1.807, 2.05) is 40.7 Å². The number of nitrogens with one attached hydrogen (secondary N) is 2. The molecule has 4 N–H and O–H groups in total. The van der Waals surface area contributed by atoms with E-state index in [0.29, 0.717) is 23.9 Å². The van der Waals surface area contributed by atoms with E-state index in [1.54, 1.807) is 17.2 Å². The molecular formula is C31H42N6O4S. The number of aromatic amines is 1. The number of benzene rings is 1. The maximum absolute atomic E-state index is 13.2. The third-order valence-corrected chi connectivity index (χ3v) is 9.31. The summed E-state index contributed by atoms with van der Waals surface area (Å²) >= 11 is 1.28. The van der Waals surface area contributed by atoms with Crippen LogP contribution in [-0.2, 0) is 17.6 Å². The smallest absolute Gasteiger partial charge is 0.381 e. The molecule has 1 aliphatic carbocycles. The summed E-state index contributed by atoms with van der Waals surface area (Å²) in [4.78, 5) is 51.3. The third-order valence-electron chi connectivity index (χ3n) is 8.40. The van der Waals surface area contributed by atoms with Gasteiger partial charge < -0.3 is 30.6 Å². The number of thiazole rings is 1. The first-order valence-electron chi connectivity index (χ1n) is 14.8. The molecule has 42 heavy (non-hydrogen) atoms. The van der Waals surface area contributed by atoms with E-state index in [0.717, 1.165) is 59.4 Å². The van der Waals surface area contributed by atoms with Crippen LogP contribution in [-0.4, -0.2) is 75.4 Å². The number of carbonyl (C=O) groups excluding carboxylic acids is 3. The van der Waals surface area contributed by atoms with E-state index in [-0.39, 0.29) is 29.1 Å². The standard InChI is InChI=1S/C31H42N6O4S/c1-17(2)37(31(3,4)5)30(40)41-29-33-16-24(42-29)21-9-10-22(27(32)38)26-25(21)20-8-7-18(15-23(20)35-26)28(39)34-19-11-13-36(6)14-12-19/h9-10,16-19,35H,7-8,11-15H2,1-6H3,(H2,32,38)(H,34,39). The number of aryl methyl sites for hydroxylation is 1. The fourth-order valence-electron chi connectivity index (χ4n) is 6.46. The van der Waals surface area contributed by atoms with Gasteiger partial charge in [-0.25, -0.2) is 9.78 Å². The number of hydrogen-bond donors (Lipinski definition) is 3. The Hall–Kier alpha value is -3.44.